The largest absolute Gasteiger partial charge is 0.411 e. The van der Waals surface area contributed by atoms with Gasteiger partial charge in [-0.25, -0.2) is 9.78 Å². The van der Waals surface area contributed by atoms with Gasteiger partial charge in [0.15, 0.2) is 6.39 Å². The number of fused-ring (bicyclic) bond motifs is 1. The average molecular weight is 192 g/mol. The normalized spacial score (nSPS) is 10.3. The van der Waals surface area contributed by atoms with Gasteiger partial charge in [-0.15, -0.1) is 0 Å². The molecular formula is C8H4N2O4. The SMILES string of the molecule is O=c1ocnc2ccc([N+](=O)[O-])cc12. The second-order valence-electron chi connectivity index (χ2n) is 2.60. The molecular weight excluding hydrogens is 188 g/mol. The summed E-state index contributed by atoms with van der Waals surface area (Å²) >= 11 is 0. The molecule has 0 amide bonds. The van der Waals surface area contributed by atoms with Gasteiger partial charge in [0.1, 0.15) is 0 Å². The van der Waals surface area contributed by atoms with Crippen molar-refractivity contribution in [1.82, 2.24) is 4.98 Å². The Morgan fingerprint density at radius 3 is 2.93 bits per heavy atom. The lowest BCUT2D eigenvalue weighted by atomic mass is 10.2. The van der Waals surface area contributed by atoms with Crippen LogP contribution in [-0.4, -0.2) is 9.91 Å². The molecule has 1 heterocycles. The zero-order valence-corrected chi connectivity index (χ0v) is 6.84. The Kier molecular flexibility index (Phi) is 1.74. The molecule has 0 spiro atoms. The van der Waals surface area contributed by atoms with E-state index in [1.54, 1.807) is 0 Å². The van der Waals surface area contributed by atoms with Crippen molar-refractivity contribution < 1.29 is 9.34 Å². The number of nitro groups is 1. The van der Waals surface area contributed by atoms with E-state index in [4.69, 9.17) is 0 Å². The van der Waals surface area contributed by atoms with Crippen LogP contribution in [0.3, 0.4) is 0 Å². The van der Waals surface area contributed by atoms with Crippen LogP contribution in [0.5, 0.6) is 0 Å². The van der Waals surface area contributed by atoms with Crippen LogP contribution < -0.4 is 5.63 Å². The summed E-state index contributed by atoms with van der Waals surface area (Å²) in [6, 6.07) is 3.84. The molecule has 0 atom stereocenters. The standard InChI is InChI=1S/C8H4N2O4/c11-8-6-3-5(10(12)13)1-2-7(6)9-4-14-8/h1-4H. The first-order valence-corrected chi connectivity index (χ1v) is 3.70. The first-order valence-electron chi connectivity index (χ1n) is 3.70. The maximum absolute atomic E-state index is 11.1. The minimum absolute atomic E-state index is 0.113. The highest BCUT2D eigenvalue weighted by Crippen LogP contribution is 2.15. The molecule has 6 nitrogen and oxygen atoms in total. The van der Waals surface area contributed by atoms with Crippen molar-refractivity contribution in [2.24, 2.45) is 0 Å². The van der Waals surface area contributed by atoms with E-state index in [1.165, 1.54) is 12.1 Å². The molecule has 14 heavy (non-hydrogen) atoms. The highest BCUT2D eigenvalue weighted by molar-refractivity contribution is 5.79. The van der Waals surface area contributed by atoms with Gasteiger partial charge >= 0.3 is 5.63 Å². The fraction of sp³-hybridized carbons (Fsp3) is 0. The topological polar surface area (TPSA) is 86.2 Å². The Hall–Kier alpha value is -2.24. The summed E-state index contributed by atoms with van der Waals surface area (Å²) in [5, 5.41) is 10.5. The summed E-state index contributed by atoms with van der Waals surface area (Å²) in [4.78, 5) is 24.7. The predicted octanol–water partition coefficient (Wildman–Crippen LogP) is 1.10. The summed E-state index contributed by atoms with van der Waals surface area (Å²) < 4.78 is 4.49. The Morgan fingerprint density at radius 2 is 2.21 bits per heavy atom. The molecule has 0 saturated carbocycles. The number of nitrogens with zero attached hydrogens (tertiary/aromatic N) is 2. The fourth-order valence-corrected chi connectivity index (χ4v) is 1.11. The lowest BCUT2D eigenvalue weighted by molar-refractivity contribution is -0.384. The van der Waals surface area contributed by atoms with Crippen molar-refractivity contribution in [3.8, 4) is 0 Å². The van der Waals surface area contributed by atoms with Gasteiger partial charge in [0, 0.05) is 12.1 Å². The van der Waals surface area contributed by atoms with E-state index in [2.05, 4.69) is 9.40 Å². The lowest BCUT2D eigenvalue weighted by Gasteiger charge is -1.93. The first kappa shape index (κ1) is 8.36. The molecule has 0 unspecified atom stereocenters. The van der Waals surface area contributed by atoms with Gasteiger partial charge in [-0.2, -0.15) is 0 Å². The molecule has 0 radical (unpaired) electrons. The highest BCUT2D eigenvalue weighted by Gasteiger charge is 2.08. The van der Waals surface area contributed by atoms with E-state index >= 15 is 0 Å². The molecule has 70 valence electrons. The number of hydrogen-bond donors (Lipinski definition) is 0. The maximum atomic E-state index is 11.1. The molecule has 0 aliphatic carbocycles. The van der Waals surface area contributed by atoms with Crippen molar-refractivity contribution in [2.45, 2.75) is 0 Å². The minimum atomic E-state index is -0.626. The third-order valence-corrected chi connectivity index (χ3v) is 1.76. The summed E-state index contributed by atoms with van der Waals surface area (Å²) in [6.07, 6.45) is 1.01. The van der Waals surface area contributed by atoms with E-state index < -0.39 is 10.5 Å². The van der Waals surface area contributed by atoms with Crippen LogP contribution in [0, 0.1) is 10.1 Å². The minimum Gasteiger partial charge on any atom is -0.411 e. The van der Waals surface area contributed by atoms with Crippen LogP contribution in [0.1, 0.15) is 0 Å². The molecule has 0 aliphatic rings. The van der Waals surface area contributed by atoms with Crippen molar-refractivity contribution in [1.29, 1.82) is 0 Å². The quantitative estimate of drug-likeness (QED) is 0.498. The summed E-state index contributed by atoms with van der Waals surface area (Å²) in [7, 11) is 0. The number of non-ortho nitro benzene ring substituents is 1. The second-order valence-corrected chi connectivity index (χ2v) is 2.60. The van der Waals surface area contributed by atoms with E-state index in [0.717, 1.165) is 12.5 Å². The second kappa shape index (κ2) is 2.91. The van der Waals surface area contributed by atoms with Gasteiger partial charge < -0.3 is 4.42 Å². The maximum Gasteiger partial charge on any atom is 0.346 e. The van der Waals surface area contributed by atoms with Gasteiger partial charge in [-0.05, 0) is 6.07 Å². The summed E-state index contributed by atoms with van der Waals surface area (Å²) in [5.41, 5.74) is -0.400. The van der Waals surface area contributed by atoms with Gasteiger partial charge in [0.05, 0.1) is 15.8 Å². The van der Waals surface area contributed by atoms with Gasteiger partial charge in [0.25, 0.3) is 5.69 Å². The average Bonchev–Trinajstić information content (AvgIpc) is 2.18. The number of rotatable bonds is 1. The number of benzene rings is 1. The Labute approximate surface area is 77.0 Å². The third kappa shape index (κ3) is 1.22. The van der Waals surface area contributed by atoms with Crippen molar-refractivity contribution >= 4 is 16.6 Å². The van der Waals surface area contributed by atoms with Crippen LogP contribution in [-0.2, 0) is 0 Å². The van der Waals surface area contributed by atoms with Gasteiger partial charge in [-0.1, -0.05) is 0 Å². The molecule has 0 fully saturated rings. The Balaban J connectivity index is 2.83. The van der Waals surface area contributed by atoms with Gasteiger partial charge in [-0.3, -0.25) is 10.1 Å². The highest BCUT2D eigenvalue weighted by atomic mass is 16.6. The zero-order chi connectivity index (χ0) is 10.1. The van der Waals surface area contributed by atoms with Crippen LogP contribution in [0.2, 0.25) is 0 Å². The lowest BCUT2D eigenvalue weighted by Crippen LogP contribution is -2.00. The molecule has 2 rings (SSSR count). The Morgan fingerprint density at radius 1 is 1.43 bits per heavy atom. The zero-order valence-electron chi connectivity index (χ0n) is 6.84. The van der Waals surface area contributed by atoms with E-state index in [9.17, 15) is 14.9 Å². The first-order chi connectivity index (χ1) is 6.68. The molecule has 1 aromatic heterocycles. The predicted molar refractivity (Wildman–Crippen MR) is 46.9 cm³/mol. The molecule has 0 N–H and O–H groups in total. The van der Waals surface area contributed by atoms with Crippen LogP contribution in [0.4, 0.5) is 5.69 Å². The van der Waals surface area contributed by atoms with E-state index in [0.29, 0.717) is 5.52 Å². The van der Waals surface area contributed by atoms with Crippen LogP contribution in [0.15, 0.2) is 33.8 Å². The van der Waals surface area contributed by atoms with Gasteiger partial charge in [0.2, 0.25) is 0 Å². The van der Waals surface area contributed by atoms with Crippen molar-refractivity contribution in [2.75, 3.05) is 0 Å². The van der Waals surface area contributed by atoms with E-state index in [1.807, 2.05) is 0 Å². The fourth-order valence-electron chi connectivity index (χ4n) is 1.11. The third-order valence-electron chi connectivity index (χ3n) is 1.76. The monoisotopic (exact) mass is 192 g/mol. The number of nitro benzene ring substituents is 1. The smallest absolute Gasteiger partial charge is 0.346 e. The van der Waals surface area contributed by atoms with Crippen molar-refractivity contribution in [3.63, 3.8) is 0 Å². The molecule has 0 aliphatic heterocycles. The van der Waals surface area contributed by atoms with Crippen LogP contribution in [0.25, 0.3) is 10.9 Å². The summed E-state index contributed by atoms with van der Waals surface area (Å²) in [6.45, 7) is 0. The molecule has 0 saturated heterocycles. The molecule has 0 bridgehead atoms. The van der Waals surface area contributed by atoms with Crippen LogP contribution >= 0.6 is 0 Å². The number of hydrogen-bond acceptors (Lipinski definition) is 5. The molecule has 2 aromatic rings. The van der Waals surface area contributed by atoms with Crippen molar-refractivity contribution in [3.05, 3.63) is 45.1 Å². The number of aromatic nitrogens is 1. The molecule has 1 aromatic carbocycles. The molecule has 6 heteroatoms. The Bertz CT molecular complexity index is 561. The summed E-state index contributed by atoms with van der Waals surface area (Å²) in [5.74, 6) is 0. The van der Waals surface area contributed by atoms with E-state index in [-0.39, 0.29) is 11.1 Å².